The van der Waals surface area contributed by atoms with Gasteiger partial charge in [-0.25, -0.2) is 8.78 Å². The maximum Gasteiger partial charge on any atom is 0.237 e. The number of carbonyl (C=O) groups is 2. The summed E-state index contributed by atoms with van der Waals surface area (Å²) >= 11 is 0. The number of hydrogen-bond acceptors (Lipinski definition) is 4. The van der Waals surface area contributed by atoms with Gasteiger partial charge in [-0.2, -0.15) is 0 Å². The monoisotopic (exact) mass is 327 g/mol. The fourth-order valence-corrected chi connectivity index (χ4v) is 2.51. The molecule has 2 amide bonds. The third-order valence-electron chi connectivity index (χ3n) is 3.66. The molecule has 1 fully saturated rings. The van der Waals surface area contributed by atoms with Crippen LogP contribution in [0.1, 0.15) is 12.0 Å². The van der Waals surface area contributed by atoms with E-state index in [1.807, 2.05) is 0 Å². The third kappa shape index (κ3) is 4.46. The van der Waals surface area contributed by atoms with Crippen molar-refractivity contribution in [1.29, 1.82) is 0 Å². The predicted octanol–water partition coefficient (Wildman–Crippen LogP) is -0.236. The Balaban J connectivity index is 2.09. The van der Waals surface area contributed by atoms with Crippen molar-refractivity contribution in [3.8, 4) is 0 Å². The second-order valence-corrected chi connectivity index (χ2v) is 5.27. The van der Waals surface area contributed by atoms with Crippen molar-refractivity contribution in [2.24, 2.45) is 0 Å². The molecule has 8 heteroatoms. The van der Waals surface area contributed by atoms with E-state index in [-0.39, 0.29) is 43.5 Å². The number of amides is 2. The molecule has 0 spiro atoms. The van der Waals surface area contributed by atoms with Gasteiger partial charge >= 0.3 is 0 Å². The maximum atomic E-state index is 13.8. The highest BCUT2D eigenvalue weighted by Crippen LogP contribution is 2.17. The molecule has 1 saturated heterocycles. The Morgan fingerprint density at radius 1 is 1.43 bits per heavy atom. The van der Waals surface area contributed by atoms with Gasteiger partial charge in [0.15, 0.2) is 11.6 Å². The van der Waals surface area contributed by atoms with Gasteiger partial charge in [0.2, 0.25) is 11.8 Å². The Morgan fingerprint density at radius 2 is 2.22 bits per heavy atom. The van der Waals surface area contributed by atoms with Crippen LogP contribution in [0.2, 0.25) is 0 Å². The van der Waals surface area contributed by atoms with Gasteiger partial charge in [0, 0.05) is 31.7 Å². The van der Waals surface area contributed by atoms with Gasteiger partial charge in [0.25, 0.3) is 0 Å². The zero-order valence-electron chi connectivity index (χ0n) is 12.5. The van der Waals surface area contributed by atoms with Crippen LogP contribution in [-0.2, 0) is 16.1 Å². The van der Waals surface area contributed by atoms with Crippen LogP contribution in [0, 0.1) is 11.6 Å². The number of nitrogens with zero attached hydrogens (tertiary/aromatic N) is 1. The van der Waals surface area contributed by atoms with Crippen LogP contribution in [0.25, 0.3) is 0 Å². The second-order valence-electron chi connectivity index (χ2n) is 5.27. The normalized spacial score (nSPS) is 18.6. The minimum absolute atomic E-state index is 0.0367. The van der Waals surface area contributed by atoms with E-state index in [9.17, 15) is 18.4 Å². The minimum Gasteiger partial charge on any atom is -0.395 e. The summed E-state index contributed by atoms with van der Waals surface area (Å²) < 4.78 is 27.1. The van der Waals surface area contributed by atoms with Crippen LogP contribution in [0.3, 0.4) is 0 Å². The first-order valence-corrected chi connectivity index (χ1v) is 7.35. The van der Waals surface area contributed by atoms with Crippen LogP contribution in [0.15, 0.2) is 18.2 Å². The third-order valence-corrected chi connectivity index (χ3v) is 3.66. The van der Waals surface area contributed by atoms with Crippen molar-refractivity contribution in [3.63, 3.8) is 0 Å². The van der Waals surface area contributed by atoms with E-state index in [0.29, 0.717) is 13.1 Å². The van der Waals surface area contributed by atoms with Crippen LogP contribution in [0.5, 0.6) is 0 Å². The van der Waals surface area contributed by atoms with Crippen molar-refractivity contribution >= 4 is 11.8 Å². The largest absolute Gasteiger partial charge is 0.395 e. The van der Waals surface area contributed by atoms with Crippen molar-refractivity contribution in [2.45, 2.75) is 19.0 Å². The zero-order valence-corrected chi connectivity index (χ0v) is 12.5. The SMILES string of the molecule is O=C(C[C@@H]1C(=O)NCCN1Cc1cccc(F)c1F)NCCO. The molecule has 1 aliphatic heterocycles. The zero-order chi connectivity index (χ0) is 16.8. The highest BCUT2D eigenvalue weighted by Gasteiger charge is 2.32. The fourth-order valence-electron chi connectivity index (χ4n) is 2.51. The number of benzene rings is 1. The molecule has 1 aliphatic rings. The van der Waals surface area contributed by atoms with E-state index in [0.717, 1.165) is 6.07 Å². The summed E-state index contributed by atoms with van der Waals surface area (Å²) in [7, 11) is 0. The molecule has 1 atom stereocenters. The lowest BCUT2D eigenvalue weighted by Gasteiger charge is -2.34. The predicted molar refractivity (Wildman–Crippen MR) is 78.3 cm³/mol. The highest BCUT2D eigenvalue weighted by atomic mass is 19.2. The van der Waals surface area contributed by atoms with Gasteiger partial charge in [-0.05, 0) is 6.07 Å². The van der Waals surface area contributed by atoms with E-state index in [1.165, 1.54) is 12.1 Å². The average molecular weight is 327 g/mol. The standard InChI is InChI=1S/C15H19F2N3O3/c16-11-3-1-2-10(14(11)17)9-20-6-4-19-15(23)12(20)8-13(22)18-5-7-21/h1-3,12,21H,4-9H2,(H,18,22)(H,19,23)/t12-/m1/s1. The van der Waals surface area contributed by atoms with Crippen LogP contribution >= 0.6 is 0 Å². The summed E-state index contributed by atoms with van der Waals surface area (Å²) in [5, 5.41) is 13.8. The van der Waals surface area contributed by atoms with Crippen molar-refractivity contribution in [2.75, 3.05) is 26.2 Å². The number of halogens is 2. The van der Waals surface area contributed by atoms with Gasteiger partial charge in [0.05, 0.1) is 19.1 Å². The Labute approximate surface area is 132 Å². The molecule has 1 aromatic rings. The van der Waals surface area contributed by atoms with Crippen LogP contribution in [-0.4, -0.2) is 54.1 Å². The number of aliphatic hydroxyl groups excluding tert-OH is 1. The molecule has 1 heterocycles. The molecular weight excluding hydrogens is 308 g/mol. The van der Waals surface area contributed by atoms with Crippen molar-refractivity contribution < 1.29 is 23.5 Å². The summed E-state index contributed by atoms with van der Waals surface area (Å²) in [5.74, 6) is -2.60. The molecule has 0 bridgehead atoms. The Morgan fingerprint density at radius 3 is 2.96 bits per heavy atom. The number of piperazine rings is 1. The smallest absolute Gasteiger partial charge is 0.237 e. The molecular formula is C15H19F2N3O3. The van der Waals surface area contributed by atoms with E-state index >= 15 is 0 Å². The average Bonchev–Trinajstić information content (AvgIpc) is 2.53. The molecule has 0 aromatic heterocycles. The van der Waals surface area contributed by atoms with Gasteiger partial charge in [-0.15, -0.1) is 0 Å². The molecule has 0 aliphatic carbocycles. The lowest BCUT2D eigenvalue weighted by molar-refractivity contribution is -0.134. The van der Waals surface area contributed by atoms with Crippen LogP contribution in [0.4, 0.5) is 8.78 Å². The molecule has 126 valence electrons. The quantitative estimate of drug-likeness (QED) is 0.674. The minimum atomic E-state index is -0.943. The lowest BCUT2D eigenvalue weighted by atomic mass is 10.1. The molecule has 1 aromatic carbocycles. The molecule has 3 N–H and O–H groups in total. The van der Waals surface area contributed by atoms with Crippen LogP contribution < -0.4 is 10.6 Å². The Bertz CT molecular complexity index is 583. The van der Waals surface area contributed by atoms with E-state index in [4.69, 9.17) is 5.11 Å². The van der Waals surface area contributed by atoms with E-state index < -0.39 is 17.7 Å². The summed E-state index contributed by atoms with van der Waals surface area (Å²) in [6.45, 7) is 0.756. The van der Waals surface area contributed by atoms with E-state index in [1.54, 1.807) is 4.90 Å². The summed E-state index contributed by atoms with van der Waals surface area (Å²) in [4.78, 5) is 25.4. The lowest BCUT2D eigenvalue weighted by Crippen LogP contribution is -2.56. The van der Waals surface area contributed by atoms with Crippen molar-refractivity contribution in [1.82, 2.24) is 15.5 Å². The molecule has 6 nitrogen and oxygen atoms in total. The Kier molecular flexibility index (Phi) is 6.00. The van der Waals surface area contributed by atoms with Gasteiger partial charge in [-0.1, -0.05) is 12.1 Å². The van der Waals surface area contributed by atoms with E-state index in [2.05, 4.69) is 10.6 Å². The molecule has 0 saturated carbocycles. The highest BCUT2D eigenvalue weighted by molar-refractivity contribution is 5.88. The summed E-state index contributed by atoms with van der Waals surface area (Å²) in [6, 6.07) is 3.13. The first-order valence-electron chi connectivity index (χ1n) is 7.35. The first-order chi connectivity index (χ1) is 11.0. The molecule has 23 heavy (non-hydrogen) atoms. The summed E-state index contributed by atoms with van der Waals surface area (Å²) in [6.07, 6.45) is -0.108. The topological polar surface area (TPSA) is 81.7 Å². The maximum absolute atomic E-state index is 13.8. The number of nitrogens with one attached hydrogen (secondary N) is 2. The molecule has 2 rings (SSSR count). The molecule has 0 unspecified atom stereocenters. The number of hydrogen-bond donors (Lipinski definition) is 3. The second kappa shape index (κ2) is 7.98. The van der Waals surface area contributed by atoms with Gasteiger partial charge < -0.3 is 15.7 Å². The molecule has 0 radical (unpaired) electrons. The first kappa shape index (κ1) is 17.3. The Hall–Kier alpha value is -2.06. The number of rotatable bonds is 6. The van der Waals surface area contributed by atoms with Gasteiger partial charge in [0.1, 0.15) is 0 Å². The fraction of sp³-hybridized carbons (Fsp3) is 0.467. The van der Waals surface area contributed by atoms with Gasteiger partial charge in [-0.3, -0.25) is 14.5 Å². The van der Waals surface area contributed by atoms with Crippen molar-refractivity contribution in [3.05, 3.63) is 35.4 Å². The number of carbonyl (C=O) groups excluding carboxylic acids is 2. The summed E-state index contributed by atoms with van der Waals surface area (Å²) in [5.41, 5.74) is 0.139. The number of aliphatic hydroxyl groups is 1.